The Balaban J connectivity index is 0. The second-order valence-electron chi connectivity index (χ2n) is 0. The fourth-order valence-corrected chi connectivity index (χ4v) is 0. The van der Waals surface area contributed by atoms with Crippen LogP contribution in [0.15, 0.2) is 0 Å². The molecular formula is H6MoNa2O4. The van der Waals surface area contributed by atoms with Gasteiger partial charge in [-0.1, -0.05) is 0 Å². The minimum absolute atomic E-state index is 0. The standard InChI is InChI=1S/Mo.2Na.4H2O/h;;;4*1H2/q;2*+1;;;;/p-2. The summed E-state index contributed by atoms with van der Waals surface area (Å²) in [4.78, 5) is 0. The summed E-state index contributed by atoms with van der Waals surface area (Å²) in [6.07, 6.45) is 0. The van der Waals surface area contributed by atoms with Crippen molar-refractivity contribution in [3.63, 3.8) is 0 Å². The van der Waals surface area contributed by atoms with E-state index in [0.717, 1.165) is 0 Å². The van der Waals surface area contributed by atoms with Crippen LogP contribution in [0.2, 0.25) is 0 Å². The van der Waals surface area contributed by atoms with Crippen LogP contribution in [-0.2, 0) is 21.1 Å². The summed E-state index contributed by atoms with van der Waals surface area (Å²) in [5.74, 6) is 0. The third kappa shape index (κ3) is 56.9. The largest absolute Gasteiger partial charge is 1.00 e. The molecule has 0 aliphatic heterocycles. The Hall–Kier alpha value is 2.53. The molecule has 7 heteroatoms. The summed E-state index contributed by atoms with van der Waals surface area (Å²) in [5.41, 5.74) is 0. The molecule has 0 rings (SSSR count). The van der Waals surface area contributed by atoms with Gasteiger partial charge in [0.05, 0.1) is 0 Å². The van der Waals surface area contributed by atoms with Crippen LogP contribution in [0.4, 0.5) is 0 Å². The third-order valence-electron chi connectivity index (χ3n) is 0. The van der Waals surface area contributed by atoms with Crippen molar-refractivity contribution in [3.8, 4) is 0 Å². The molecule has 0 saturated carbocycles. The molecule has 0 amide bonds. The molecule has 0 aliphatic carbocycles. The second kappa shape index (κ2) is 75.6. The van der Waals surface area contributed by atoms with Crippen LogP contribution in [-0.4, -0.2) is 21.9 Å². The summed E-state index contributed by atoms with van der Waals surface area (Å²) in [6.45, 7) is 0. The van der Waals surface area contributed by atoms with Gasteiger partial charge in [0.2, 0.25) is 0 Å². The molecule has 7 heavy (non-hydrogen) atoms. The van der Waals surface area contributed by atoms with Crippen LogP contribution in [0.3, 0.4) is 0 Å². The zero-order chi connectivity index (χ0) is 0. The average molecular weight is 212 g/mol. The Morgan fingerprint density at radius 3 is 0.571 bits per heavy atom. The molecule has 0 aromatic heterocycles. The van der Waals surface area contributed by atoms with Crippen LogP contribution in [0, 0.1) is 0 Å². The zero-order valence-corrected chi connectivity index (χ0v) is 10.3. The Labute approximate surface area is 101 Å². The van der Waals surface area contributed by atoms with E-state index in [1.165, 1.54) is 0 Å². The molecule has 6 N–H and O–H groups in total. The minimum Gasteiger partial charge on any atom is -0.870 e. The van der Waals surface area contributed by atoms with Gasteiger partial charge in [-0.2, -0.15) is 0 Å². The Morgan fingerprint density at radius 1 is 0.571 bits per heavy atom. The summed E-state index contributed by atoms with van der Waals surface area (Å²) in [7, 11) is 0. The maximum absolute atomic E-state index is 0. The Bertz CT molecular complexity index is 9.65. The molecule has 0 aliphatic rings. The molecule has 0 spiro atoms. The van der Waals surface area contributed by atoms with E-state index in [2.05, 4.69) is 0 Å². The van der Waals surface area contributed by atoms with Crippen molar-refractivity contribution in [1.82, 2.24) is 0 Å². The Kier molecular flexibility index (Phi) is 1170. The molecule has 0 bridgehead atoms. The first-order valence-electron chi connectivity index (χ1n) is 0. The predicted octanol–water partition coefficient (Wildman–Crippen LogP) is -8.00. The molecule has 4 nitrogen and oxygen atoms in total. The van der Waals surface area contributed by atoms with Gasteiger partial charge in [0.25, 0.3) is 0 Å². The van der Waals surface area contributed by atoms with Crippen molar-refractivity contribution in [1.29, 1.82) is 0 Å². The first-order chi connectivity index (χ1) is 0. The summed E-state index contributed by atoms with van der Waals surface area (Å²) < 4.78 is 0. The van der Waals surface area contributed by atoms with Crippen molar-refractivity contribution >= 4 is 0 Å². The molecular weight excluding hydrogens is 206 g/mol. The number of hydrogen-bond donors (Lipinski definition) is 0. The van der Waals surface area contributed by atoms with Crippen LogP contribution >= 0.6 is 0 Å². The van der Waals surface area contributed by atoms with Crippen molar-refractivity contribution < 1.29 is 102 Å². The van der Waals surface area contributed by atoms with E-state index in [1.807, 2.05) is 0 Å². The van der Waals surface area contributed by atoms with Crippen LogP contribution in [0.25, 0.3) is 0 Å². The maximum atomic E-state index is 0. The summed E-state index contributed by atoms with van der Waals surface area (Å²) >= 11 is 0. The SMILES string of the molecule is O.O.[Mo].[Na+].[Na+].[OH-].[OH-]. The van der Waals surface area contributed by atoms with E-state index >= 15 is 0 Å². The fraction of sp³-hybridized carbons (Fsp3) is 0. The van der Waals surface area contributed by atoms with Crippen LogP contribution in [0.5, 0.6) is 0 Å². The molecule has 0 radical (unpaired) electrons. The molecule has 38 valence electrons. The second-order valence-corrected chi connectivity index (χ2v) is 0. The molecule has 0 atom stereocenters. The van der Waals surface area contributed by atoms with Crippen molar-refractivity contribution in [2.75, 3.05) is 0 Å². The quantitative estimate of drug-likeness (QED) is 0.370. The van der Waals surface area contributed by atoms with Gasteiger partial charge in [0.1, 0.15) is 0 Å². The molecule has 0 heterocycles. The van der Waals surface area contributed by atoms with E-state index < -0.39 is 0 Å². The smallest absolute Gasteiger partial charge is 0.870 e. The normalized spacial score (nSPS) is 0. The molecule has 0 saturated heterocycles. The zero-order valence-electron chi connectivity index (χ0n) is 4.30. The molecule has 0 unspecified atom stereocenters. The van der Waals surface area contributed by atoms with Crippen molar-refractivity contribution in [2.45, 2.75) is 0 Å². The maximum Gasteiger partial charge on any atom is 1.00 e. The summed E-state index contributed by atoms with van der Waals surface area (Å²) in [6, 6.07) is 0. The van der Waals surface area contributed by atoms with Gasteiger partial charge in [-0.05, 0) is 0 Å². The van der Waals surface area contributed by atoms with E-state index in [4.69, 9.17) is 0 Å². The first kappa shape index (κ1) is 108. The minimum atomic E-state index is 0. The molecule has 0 fully saturated rings. The van der Waals surface area contributed by atoms with E-state index in [0.29, 0.717) is 0 Å². The van der Waals surface area contributed by atoms with Crippen LogP contribution in [0.1, 0.15) is 0 Å². The number of hydrogen-bond acceptors (Lipinski definition) is 2. The summed E-state index contributed by atoms with van der Waals surface area (Å²) in [5, 5.41) is 0. The van der Waals surface area contributed by atoms with Crippen LogP contribution < -0.4 is 59.1 Å². The third-order valence-corrected chi connectivity index (χ3v) is 0. The van der Waals surface area contributed by atoms with Crippen molar-refractivity contribution in [2.24, 2.45) is 0 Å². The van der Waals surface area contributed by atoms with Gasteiger partial charge in [-0.15, -0.1) is 0 Å². The van der Waals surface area contributed by atoms with E-state index in [-0.39, 0.29) is 102 Å². The number of rotatable bonds is 0. The van der Waals surface area contributed by atoms with Crippen molar-refractivity contribution in [3.05, 3.63) is 0 Å². The van der Waals surface area contributed by atoms with Gasteiger partial charge >= 0.3 is 59.1 Å². The predicted molar refractivity (Wildman–Crippen MR) is 11.1 cm³/mol. The van der Waals surface area contributed by atoms with Gasteiger partial charge in [-0.3, -0.25) is 0 Å². The van der Waals surface area contributed by atoms with E-state index in [9.17, 15) is 0 Å². The van der Waals surface area contributed by atoms with Gasteiger partial charge in [-0.25, -0.2) is 0 Å². The first-order valence-corrected chi connectivity index (χ1v) is 0. The topological polar surface area (TPSA) is 123 Å². The van der Waals surface area contributed by atoms with E-state index in [1.54, 1.807) is 0 Å². The molecule has 0 aromatic rings. The molecule has 0 aromatic carbocycles. The van der Waals surface area contributed by atoms with Gasteiger partial charge in [0, 0.05) is 21.1 Å². The monoisotopic (exact) mass is 214 g/mol. The van der Waals surface area contributed by atoms with Gasteiger partial charge < -0.3 is 21.9 Å². The van der Waals surface area contributed by atoms with Gasteiger partial charge in [0.15, 0.2) is 0 Å². The Morgan fingerprint density at radius 2 is 0.571 bits per heavy atom. The fourth-order valence-electron chi connectivity index (χ4n) is 0. The average Bonchev–Trinajstić information content (AvgIpc) is 0.